The number of fused-ring (bicyclic) bond motifs is 1. The molecule has 2 heterocycles. The molecule has 0 aliphatic rings. The normalized spacial score (nSPS) is 13.0. The fourth-order valence-electron chi connectivity index (χ4n) is 2.63. The van der Waals surface area contributed by atoms with E-state index in [2.05, 4.69) is 20.1 Å². The molecule has 0 saturated carbocycles. The summed E-state index contributed by atoms with van der Waals surface area (Å²) in [5.74, 6) is -0.511. The quantitative estimate of drug-likeness (QED) is 0.636. The Hall–Kier alpha value is -2.49. The maximum Gasteiger partial charge on any atom is 0.242 e. The highest BCUT2D eigenvalue weighted by atomic mass is 35.5. The molecule has 10 heteroatoms. The van der Waals surface area contributed by atoms with Crippen molar-refractivity contribution in [3.63, 3.8) is 0 Å². The first-order valence-electron chi connectivity index (χ1n) is 8.59. The van der Waals surface area contributed by atoms with Gasteiger partial charge < -0.3 is 5.32 Å². The topological polar surface area (TPSA) is 106 Å². The van der Waals surface area contributed by atoms with Crippen LogP contribution in [0.1, 0.15) is 26.8 Å². The molecular formula is C18H20ClN5O3S. The van der Waals surface area contributed by atoms with E-state index in [0.717, 1.165) is 5.39 Å². The SMILES string of the molecule is CC(C)n1ncc2cc(NC(=O)[C@H](C)NS(=O)(=O)c3cccc(Cl)c3)cnc21. The minimum atomic E-state index is -3.88. The molecule has 0 saturated heterocycles. The summed E-state index contributed by atoms with van der Waals surface area (Å²) >= 11 is 5.84. The van der Waals surface area contributed by atoms with Crippen LogP contribution >= 0.6 is 11.6 Å². The lowest BCUT2D eigenvalue weighted by Crippen LogP contribution is -2.41. The smallest absolute Gasteiger partial charge is 0.242 e. The van der Waals surface area contributed by atoms with Crippen molar-refractivity contribution in [2.75, 3.05) is 5.32 Å². The number of carbonyl (C=O) groups excluding carboxylic acids is 1. The Balaban J connectivity index is 1.73. The number of anilines is 1. The predicted octanol–water partition coefficient (Wildman–Crippen LogP) is 2.97. The third-order valence-corrected chi connectivity index (χ3v) is 5.80. The van der Waals surface area contributed by atoms with Gasteiger partial charge in [0.1, 0.15) is 0 Å². The first-order valence-corrected chi connectivity index (χ1v) is 10.5. The van der Waals surface area contributed by atoms with E-state index in [-0.39, 0.29) is 10.9 Å². The minimum absolute atomic E-state index is 0.0103. The van der Waals surface area contributed by atoms with E-state index in [1.807, 2.05) is 13.8 Å². The third kappa shape index (κ3) is 4.32. The van der Waals surface area contributed by atoms with Gasteiger partial charge in [-0.25, -0.2) is 18.1 Å². The van der Waals surface area contributed by atoms with Crippen LogP contribution in [0.15, 0.2) is 47.6 Å². The molecule has 2 aromatic heterocycles. The molecule has 1 aromatic carbocycles. The van der Waals surface area contributed by atoms with E-state index >= 15 is 0 Å². The Morgan fingerprint density at radius 2 is 1.93 bits per heavy atom. The molecule has 0 spiro atoms. The number of carbonyl (C=O) groups is 1. The fourth-order valence-corrected chi connectivity index (χ4v) is 4.13. The van der Waals surface area contributed by atoms with Gasteiger partial charge in [-0.1, -0.05) is 17.7 Å². The molecule has 0 radical (unpaired) electrons. The van der Waals surface area contributed by atoms with Crippen molar-refractivity contribution in [2.24, 2.45) is 0 Å². The maximum absolute atomic E-state index is 12.4. The van der Waals surface area contributed by atoms with Crippen molar-refractivity contribution >= 4 is 44.3 Å². The van der Waals surface area contributed by atoms with Crippen molar-refractivity contribution in [1.29, 1.82) is 0 Å². The number of sulfonamides is 1. The van der Waals surface area contributed by atoms with Crippen molar-refractivity contribution in [3.05, 3.63) is 47.7 Å². The molecule has 8 nitrogen and oxygen atoms in total. The second kappa shape index (κ2) is 7.86. The van der Waals surface area contributed by atoms with Gasteiger partial charge in [-0.2, -0.15) is 9.82 Å². The summed E-state index contributed by atoms with van der Waals surface area (Å²) in [5.41, 5.74) is 1.16. The summed E-state index contributed by atoms with van der Waals surface area (Å²) < 4.78 is 29.0. The zero-order valence-electron chi connectivity index (χ0n) is 15.5. The lowest BCUT2D eigenvalue weighted by Gasteiger charge is -2.14. The Morgan fingerprint density at radius 1 is 1.18 bits per heavy atom. The number of hydrogen-bond acceptors (Lipinski definition) is 5. The van der Waals surface area contributed by atoms with Crippen LogP contribution in [0.5, 0.6) is 0 Å². The van der Waals surface area contributed by atoms with E-state index in [4.69, 9.17) is 11.6 Å². The maximum atomic E-state index is 12.4. The monoisotopic (exact) mass is 421 g/mol. The van der Waals surface area contributed by atoms with Crippen LogP contribution in [0.2, 0.25) is 5.02 Å². The summed E-state index contributed by atoms with van der Waals surface area (Å²) in [7, 11) is -3.88. The number of amides is 1. The summed E-state index contributed by atoms with van der Waals surface area (Å²) in [5, 5.41) is 8.01. The Morgan fingerprint density at radius 3 is 2.61 bits per heavy atom. The summed E-state index contributed by atoms with van der Waals surface area (Å²) in [6, 6.07) is 6.72. The lowest BCUT2D eigenvalue weighted by molar-refractivity contribution is -0.117. The number of nitrogens with zero attached hydrogens (tertiary/aromatic N) is 3. The number of aromatic nitrogens is 3. The second-order valence-corrected chi connectivity index (χ2v) is 8.76. The molecule has 3 aromatic rings. The molecule has 0 aliphatic carbocycles. The molecule has 0 bridgehead atoms. The van der Waals surface area contributed by atoms with E-state index in [1.165, 1.54) is 31.3 Å². The Kier molecular flexibility index (Phi) is 5.69. The van der Waals surface area contributed by atoms with Gasteiger partial charge in [-0.3, -0.25) is 4.79 Å². The summed E-state index contributed by atoms with van der Waals surface area (Å²) in [6.07, 6.45) is 3.18. The molecule has 148 valence electrons. The van der Waals surface area contributed by atoms with Gasteiger partial charge >= 0.3 is 0 Å². The van der Waals surface area contributed by atoms with Crippen molar-refractivity contribution in [1.82, 2.24) is 19.5 Å². The molecule has 1 amide bonds. The van der Waals surface area contributed by atoms with Crippen LogP contribution in [-0.4, -0.2) is 35.1 Å². The van der Waals surface area contributed by atoms with Crippen LogP contribution < -0.4 is 10.0 Å². The highest BCUT2D eigenvalue weighted by molar-refractivity contribution is 7.89. The molecular weight excluding hydrogens is 402 g/mol. The molecule has 28 heavy (non-hydrogen) atoms. The van der Waals surface area contributed by atoms with Crippen molar-refractivity contribution in [3.8, 4) is 0 Å². The van der Waals surface area contributed by atoms with E-state index in [0.29, 0.717) is 16.4 Å². The predicted molar refractivity (Wildman–Crippen MR) is 108 cm³/mol. The van der Waals surface area contributed by atoms with E-state index in [1.54, 1.807) is 23.0 Å². The number of benzene rings is 1. The van der Waals surface area contributed by atoms with E-state index in [9.17, 15) is 13.2 Å². The number of nitrogens with one attached hydrogen (secondary N) is 2. The van der Waals surface area contributed by atoms with Gasteiger partial charge in [0.25, 0.3) is 0 Å². The standard InChI is InChI=1S/C18H20ClN5O3S/c1-11(2)24-17-13(9-21-24)7-15(10-20-17)22-18(25)12(3)23-28(26,27)16-6-4-5-14(19)8-16/h4-12,23H,1-3H3,(H,22,25)/t12-/m0/s1. The number of rotatable bonds is 6. The van der Waals surface area contributed by atoms with Crippen LogP contribution in [0, 0.1) is 0 Å². The largest absolute Gasteiger partial charge is 0.323 e. The van der Waals surface area contributed by atoms with Gasteiger partial charge in [0.2, 0.25) is 15.9 Å². The highest BCUT2D eigenvalue weighted by Gasteiger charge is 2.22. The number of halogens is 1. The first kappa shape index (κ1) is 20.2. The zero-order valence-corrected chi connectivity index (χ0v) is 17.1. The molecule has 0 fully saturated rings. The van der Waals surface area contributed by atoms with Crippen LogP contribution in [0.3, 0.4) is 0 Å². The molecule has 1 atom stereocenters. The van der Waals surface area contributed by atoms with Crippen molar-refractivity contribution < 1.29 is 13.2 Å². The average molecular weight is 422 g/mol. The first-order chi connectivity index (χ1) is 13.2. The fraction of sp³-hybridized carbons (Fsp3) is 0.278. The number of pyridine rings is 1. The average Bonchev–Trinajstić information content (AvgIpc) is 3.04. The molecule has 0 unspecified atom stereocenters. The van der Waals surface area contributed by atoms with Gasteiger partial charge in [0.05, 0.1) is 29.0 Å². The van der Waals surface area contributed by atoms with Crippen LogP contribution in [0.4, 0.5) is 5.69 Å². The van der Waals surface area contributed by atoms with Crippen LogP contribution in [0.25, 0.3) is 11.0 Å². The Bertz CT molecular complexity index is 1130. The number of hydrogen-bond donors (Lipinski definition) is 2. The molecule has 2 N–H and O–H groups in total. The van der Waals surface area contributed by atoms with Gasteiger partial charge in [0, 0.05) is 16.5 Å². The van der Waals surface area contributed by atoms with Crippen LogP contribution in [-0.2, 0) is 14.8 Å². The summed E-state index contributed by atoms with van der Waals surface area (Å²) in [4.78, 5) is 16.8. The van der Waals surface area contributed by atoms with Crippen molar-refractivity contribution in [2.45, 2.75) is 37.8 Å². The molecule has 3 rings (SSSR count). The van der Waals surface area contributed by atoms with Gasteiger partial charge in [0.15, 0.2) is 5.65 Å². The third-order valence-electron chi connectivity index (χ3n) is 4.02. The summed E-state index contributed by atoms with van der Waals surface area (Å²) in [6.45, 7) is 5.45. The molecule has 0 aliphatic heterocycles. The lowest BCUT2D eigenvalue weighted by atomic mass is 10.3. The zero-order chi connectivity index (χ0) is 20.5. The minimum Gasteiger partial charge on any atom is -0.323 e. The highest BCUT2D eigenvalue weighted by Crippen LogP contribution is 2.19. The van der Waals surface area contributed by atoms with Gasteiger partial charge in [-0.15, -0.1) is 0 Å². The van der Waals surface area contributed by atoms with Gasteiger partial charge in [-0.05, 0) is 45.0 Å². The second-order valence-electron chi connectivity index (χ2n) is 6.61. The van der Waals surface area contributed by atoms with E-state index < -0.39 is 22.0 Å². The Labute approximate surface area is 168 Å².